The Kier molecular flexibility index (Phi) is 5.24. The van der Waals surface area contributed by atoms with Gasteiger partial charge in [-0.1, -0.05) is 12.1 Å². The van der Waals surface area contributed by atoms with Crippen molar-refractivity contribution in [1.82, 2.24) is 10.3 Å². The van der Waals surface area contributed by atoms with Gasteiger partial charge in [-0.25, -0.2) is 9.37 Å². The molecule has 0 radical (unpaired) electrons. The van der Waals surface area contributed by atoms with Crippen LogP contribution in [0, 0.1) is 5.82 Å². The smallest absolute Gasteiger partial charge is 0.273 e. The first-order chi connectivity index (χ1) is 10.5. The van der Waals surface area contributed by atoms with Crippen molar-refractivity contribution < 1.29 is 18.7 Å². The second-order valence-corrected chi connectivity index (χ2v) is 4.97. The molecule has 0 fully saturated rings. The zero-order valence-electron chi connectivity index (χ0n) is 12.1. The van der Waals surface area contributed by atoms with Crippen LogP contribution in [0.25, 0.3) is 0 Å². The van der Waals surface area contributed by atoms with Gasteiger partial charge in [-0.3, -0.25) is 4.79 Å². The van der Waals surface area contributed by atoms with Gasteiger partial charge in [-0.15, -0.1) is 0 Å². The van der Waals surface area contributed by atoms with Crippen molar-refractivity contribution in [2.75, 3.05) is 6.54 Å². The zero-order chi connectivity index (χ0) is 16.1. The van der Waals surface area contributed by atoms with Gasteiger partial charge >= 0.3 is 0 Å². The summed E-state index contributed by atoms with van der Waals surface area (Å²) in [7, 11) is 0. The van der Waals surface area contributed by atoms with Crippen LogP contribution in [0.2, 0.25) is 0 Å². The van der Waals surface area contributed by atoms with Crippen LogP contribution in [-0.4, -0.2) is 28.6 Å². The third-order valence-electron chi connectivity index (χ3n) is 3.17. The number of oxazole rings is 1. The molecule has 2 unspecified atom stereocenters. The number of amides is 1. The van der Waals surface area contributed by atoms with Crippen molar-refractivity contribution in [2.45, 2.75) is 25.5 Å². The normalized spacial score (nSPS) is 13.6. The van der Waals surface area contributed by atoms with Gasteiger partial charge in [0.15, 0.2) is 5.69 Å². The number of aliphatic hydroxyl groups excluding tert-OH is 1. The fourth-order valence-corrected chi connectivity index (χ4v) is 1.81. The number of nitrogens with two attached hydrogens (primary N) is 1. The Morgan fingerprint density at radius 3 is 2.77 bits per heavy atom. The SMILES string of the molecule is CC(O)C(N)c1nc(C(=O)NCCc2ccc(F)cc2)co1. The molecule has 2 rings (SSSR count). The lowest BCUT2D eigenvalue weighted by atomic mass is 10.1. The summed E-state index contributed by atoms with van der Waals surface area (Å²) in [6.45, 7) is 1.90. The van der Waals surface area contributed by atoms with Crippen LogP contribution in [0.1, 0.15) is 34.9 Å². The highest BCUT2D eigenvalue weighted by Crippen LogP contribution is 2.13. The fraction of sp³-hybridized carbons (Fsp3) is 0.333. The van der Waals surface area contributed by atoms with E-state index in [9.17, 15) is 14.3 Å². The van der Waals surface area contributed by atoms with Gasteiger partial charge < -0.3 is 20.6 Å². The molecule has 6 nitrogen and oxygen atoms in total. The van der Waals surface area contributed by atoms with E-state index in [0.717, 1.165) is 5.56 Å². The predicted octanol–water partition coefficient (Wildman–Crippen LogP) is 1.17. The van der Waals surface area contributed by atoms with E-state index < -0.39 is 18.1 Å². The van der Waals surface area contributed by atoms with Crippen LogP contribution < -0.4 is 11.1 Å². The van der Waals surface area contributed by atoms with Gasteiger partial charge in [0.1, 0.15) is 18.1 Å². The van der Waals surface area contributed by atoms with Gasteiger partial charge in [-0.2, -0.15) is 0 Å². The topological polar surface area (TPSA) is 101 Å². The lowest BCUT2D eigenvalue weighted by Gasteiger charge is -2.09. The fourth-order valence-electron chi connectivity index (χ4n) is 1.81. The summed E-state index contributed by atoms with van der Waals surface area (Å²) in [5.74, 6) is -0.578. The van der Waals surface area contributed by atoms with E-state index in [1.165, 1.54) is 25.3 Å². The molecule has 1 aromatic heterocycles. The Hall–Kier alpha value is -2.25. The first kappa shape index (κ1) is 16.1. The molecule has 22 heavy (non-hydrogen) atoms. The molecule has 0 saturated carbocycles. The highest BCUT2D eigenvalue weighted by molar-refractivity contribution is 5.91. The van der Waals surface area contributed by atoms with Crippen molar-refractivity contribution in [3.8, 4) is 0 Å². The monoisotopic (exact) mass is 307 g/mol. The Morgan fingerprint density at radius 2 is 2.14 bits per heavy atom. The second-order valence-electron chi connectivity index (χ2n) is 4.97. The molecule has 0 bridgehead atoms. The van der Waals surface area contributed by atoms with E-state index in [1.807, 2.05) is 0 Å². The minimum atomic E-state index is -0.826. The number of carbonyl (C=O) groups is 1. The van der Waals surface area contributed by atoms with Gasteiger partial charge in [0.2, 0.25) is 5.89 Å². The quantitative estimate of drug-likeness (QED) is 0.743. The average Bonchev–Trinajstić information content (AvgIpc) is 2.98. The minimum absolute atomic E-state index is 0.102. The molecule has 4 N–H and O–H groups in total. The summed E-state index contributed by atoms with van der Waals surface area (Å²) in [5.41, 5.74) is 6.69. The molecule has 0 spiro atoms. The van der Waals surface area contributed by atoms with E-state index in [-0.39, 0.29) is 17.4 Å². The molecule has 7 heteroatoms. The Balaban J connectivity index is 1.86. The standard InChI is InChI=1S/C15H18FN3O3/c1-9(20)13(17)15-19-12(8-22-15)14(21)18-7-6-10-2-4-11(16)5-3-10/h2-5,8-9,13,20H,6-7,17H2,1H3,(H,18,21). The summed E-state index contributed by atoms with van der Waals surface area (Å²) < 4.78 is 17.9. The molecule has 1 heterocycles. The Morgan fingerprint density at radius 1 is 1.45 bits per heavy atom. The van der Waals surface area contributed by atoms with Crippen LogP contribution in [0.15, 0.2) is 34.9 Å². The number of nitrogens with one attached hydrogen (secondary N) is 1. The van der Waals surface area contributed by atoms with E-state index >= 15 is 0 Å². The van der Waals surface area contributed by atoms with Gasteiger partial charge in [0.05, 0.1) is 6.10 Å². The minimum Gasteiger partial charge on any atom is -0.446 e. The van der Waals surface area contributed by atoms with Gasteiger partial charge in [0.25, 0.3) is 5.91 Å². The highest BCUT2D eigenvalue weighted by atomic mass is 19.1. The summed E-state index contributed by atoms with van der Waals surface area (Å²) in [6.07, 6.45) is 0.947. The number of hydrogen-bond acceptors (Lipinski definition) is 5. The number of aliphatic hydroxyl groups is 1. The lowest BCUT2D eigenvalue weighted by Crippen LogP contribution is -2.27. The van der Waals surface area contributed by atoms with Crippen molar-refractivity contribution in [3.63, 3.8) is 0 Å². The summed E-state index contributed by atoms with van der Waals surface area (Å²) >= 11 is 0. The number of hydrogen-bond donors (Lipinski definition) is 3. The first-order valence-electron chi connectivity index (χ1n) is 6.89. The van der Waals surface area contributed by atoms with E-state index in [2.05, 4.69) is 10.3 Å². The van der Waals surface area contributed by atoms with Crippen LogP contribution >= 0.6 is 0 Å². The first-order valence-corrected chi connectivity index (χ1v) is 6.89. The van der Waals surface area contributed by atoms with Crippen LogP contribution in [0.5, 0.6) is 0 Å². The number of aromatic nitrogens is 1. The summed E-state index contributed by atoms with van der Waals surface area (Å²) in [5, 5.41) is 12.0. The van der Waals surface area contributed by atoms with Crippen molar-refractivity contribution >= 4 is 5.91 Å². The molecule has 1 amide bonds. The van der Waals surface area contributed by atoms with Crippen molar-refractivity contribution in [3.05, 3.63) is 53.5 Å². The molecule has 1 aromatic carbocycles. The third kappa shape index (κ3) is 4.12. The molecule has 0 saturated heterocycles. The maximum absolute atomic E-state index is 12.8. The van der Waals surface area contributed by atoms with Crippen molar-refractivity contribution in [1.29, 1.82) is 0 Å². The van der Waals surface area contributed by atoms with Crippen molar-refractivity contribution in [2.24, 2.45) is 5.73 Å². The molecule has 2 atom stereocenters. The Labute approximate surface area is 127 Å². The maximum atomic E-state index is 12.8. The van der Waals surface area contributed by atoms with E-state index in [1.54, 1.807) is 12.1 Å². The molecule has 0 aliphatic heterocycles. The number of carbonyl (C=O) groups excluding carboxylic acids is 1. The Bertz CT molecular complexity index is 625. The average molecular weight is 307 g/mol. The summed E-state index contributed by atoms with van der Waals surface area (Å²) in [4.78, 5) is 15.9. The summed E-state index contributed by atoms with van der Waals surface area (Å²) in [6, 6.07) is 5.30. The van der Waals surface area contributed by atoms with E-state index in [0.29, 0.717) is 13.0 Å². The number of halogens is 1. The molecule has 2 aromatic rings. The molecular weight excluding hydrogens is 289 g/mol. The molecule has 0 aliphatic rings. The number of rotatable bonds is 6. The number of nitrogens with zero attached hydrogens (tertiary/aromatic N) is 1. The van der Waals surface area contributed by atoms with Crippen LogP contribution in [-0.2, 0) is 6.42 Å². The molecular formula is C15H18FN3O3. The van der Waals surface area contributed by atoms with Gasteiger partial charge in [0, 0.05) is 6.54 Å². The highest BCUT2D eigenvalue weighted by Gasteiger charge is 2.20. The predicted molar refractivity (Wildman–Crippen MR) is 77.5 cm³/mol. The van der Waals surface area contributed by atoms with Crippen LogP contribution in [0.4, 0.5) is 4.39 Å². The third-order valence-corrected chi connectivity index (χ3v) is 3.17. The zero-order valence-corrected chi connectivity index (χ0v) is 12.1. The maximum Gasteiger partial charge on any atom is 0.273 e. The largest absolute Gasteiger partial charge is 0.446 e. The lowest BCUT2D eigenvalue weighted by molar-refractivity contribution is 0.0948. The number of benzene rings is 1. The molecule has 118 valence electrons. The van der Waals surface area contributed by atoms with E-state index in [4.69, 9.17) is 10.2 Å². The van der Waals surface area contributed by atoms with Gasteiger partial charge in [-0.05, 0) is 31.0 Å². The second kappa shape index (κ2) is 7.15. The molecule has 0 aliphatic carbocycles. The van der Waals surface area contributed by atoms with Crippen LogP contribution in [0.3, 0.4) is 0 Å².